The molecule has 0 unspecified atom stereocenters. The lowest BCUT2D eigenvalue weighted by Crippen LogP contribution is -2.29. The number of benzene rings is 1. The van der Waals surface area contributed by atoms with E-state index in [0.29, 0.717) is 0 Å². The van der Waals surface area contributed by atoms with E-state index in [-0.39, 0.29) is 5.56 Å². The molecular weight excluding hydrogens is 300 g/mol. The average molecular weight is 326 g/mol. The summed E-state index contributed by atoms with van der Waals surface area (Å²) < 4.78 is 5.65. The maximum atomic E-state index is 12.1. The highest BCUT2D eigenvalue weighted by Crippen LogP contribution is 2.35. The van der Waals surface area contributed by atoms with Gasteiger partial charge in [0.05, 0.1) is 12.8 Å². The second-order valence-corrected chi connectivity index (χ2v) is 6.47. The predicted octanol–water partition coefficient (Wildman–Crippen LogP) is 3.91. The minimum Gasteiger partial charge on any atom is -0.496 e. The standard InChI is InChI=1S/C20H26N2O2/c1-4-15-12-14(2)20(23)21-19(15)17-9-8-16(13-18(17)24-3)22-10-6-5-7-11-22/h8-9,12-13H,4-7,10-11H2,1-3H3,(H,21,23). The number of anilines is 1. The number of nitrogens with zero attached hydrogens (tertiary/aromatic N) is 1. The van der Waals surface area contributed by atoms with Crippen molar-refractivity contribution in [1.82, 2.24) is 4.98 Å². The fourth-order valence-electron chi connectivity index (χ4n) is 3.45. The van der Waals surface area contributed by atoms with E-state index in [4.69, 9.17) is 4.74 Å². The van der Waals surface area contributed by atoms with Crippen LogP contribution in [0.5, 0.6) is 5.75 Å². The molecule has 3 rings (SSSR count). The largest absolute Gasteiger partial charge is 0.496 e. The van der Waals surface area contributed by atoms with E-state index in [2.05, 4.69) is 35.0 Å². The third kappa shape index (κ3) is 3.18. The molecule has 1 aromatic carbocycles. The van der Waals surface area contributed by atoms with Gasteiger partial charge in [-0.25, -0.2) is 0 Å². The SMILES string of the molecule is CCc1cc(C)c(=O)[nH]c1-c1ccc(N2CCCCC2)cc1OC. The van der Waals surface area contributed by atoms with Gasteiger partial charge in [-0.1, -0.05) is 6.92 Å². The molecule has 24 heavy (non-hydrogen) atoms. The number of pyridine rings is 1. The number of nitrogens with one attached hydrogen (secondary N) is 1. The zero-order chi connectivity index (χ0) is 17.1. The number of aryl methyl sites for hydroxylation is 2. The molecule has 0 aliphatic carbocycles. The van der Waals surface area contributed by atoms with Crippen molar-refractivity contribution in [1.29, 1.82) is 0 Å². The molecule has 128 valence electrons. The summed E-state index contributed by atoms with van der Waals surface area (Å²) in [6, 6.07) is 8.29. The highest BCUT2D eigenvalue weighted by Gasteiger charge is 2.16. The number of piperidine rings is 1. The Bertz CT molecular complexity index is 774. The molecule has 0 atom stereocenters. The van der Waals surface area contributed by atoms with Gasteiger partial charge in [0.15, 0.2) is 0 Å². The van der Waals surface area contributed by atoms with E-state index in [9.17, 15) is 4.79 Å². The molecule has 1 saturated heterocycles. The van der Waals surface area contributed by atoms with Crippen molar-refractivity contribution >= 4 is 5.69 Å². The number of H-pyrrole nitrogens is 1. The number of ether oxygens (including phenoxy) is 1. The summed E-state index contributed by atoms with van der Waals surface area (Å²) in [5.41, 5.74) is 4.87. The van der Waals surface area contributed by atoms with Crippen molar-refractivity contribution in [3.63, 3.8) is 0 Å². The fourth-order valence-corrected chi connectivity index (χ4v) is 3.45. The van der Waals surface area contributed by atoms with Crippen LogP contribution >= 0.6 is 0 Å². The topological polar surface area (TPSA) is 45.3 Å². The van der Waals surface area contributed by atoms with Gasteiger partial charge in [-0.15, -0.1) is 0 Å². The Morgan fingerprint density at radius 1 is 1.17 bits per heavy atom. The molecule has 1 fully saturated rings. The maximum Gasteiger partial charge on any atom is 0.251 e. The zero-order valence-electron chi connectivity index (χ0n) is 14.8. The summed E-state index contributed by atoms with van der Waals surface area (Å²) >= 11 is 0. The zero-order valence-corrected chi connectivity index (χ0v) is 14.8. The molecule has 0 amide bonds. The van der Waals surface area contributed by atoms with Crippen LogP contribution in [0.3, 0.4) is 0 Å². The van der Waals surface area contributed by atoms with Crippen LogP contribution in [0.25, 0.3) is 11.3 Å². The van der Waals surface area contributed by atoms with Crippen molar-refractivity contribution in [2.75, 3.05) is 25.1 Å². The molecule has 1 N–H and O–H groups in total. The van der Waals surface area contributed by atoms with Crippen LogP contribution in [-0.4, -0.2) is 25.2 Å². The van der Waals surface area contributed by atoms with Gasteiger partial charge in [0.25, 0.3) is 5.56 Å². The second kappa shape index (κ2) is 7.12. The first-order valence-electron chi connectivity index (χ1n) is 8.80. The molecule has 4 heteroatoms. The first-order chi connectivity index (χ1) is 11.6. The quantitative estimate of drug-likeness (QED) is 0.926. The number of methoxy groups -OCH3 is 1. The van der Waals surface area contributed by atoms with Crippen molar-refractivity contribution in [2.24, 2.45) is 0 Å². The van der Waals surface area contributed by atoms with E-state index in [1.807, 2.05) is 13.0 Å². The average Bonchev–Trinajstić information content (AvgIpc) is 2.63. The Labute approximate surface area is 143 Å². The number of aromatic amines is 1. The van der Waals surface area contributed by atoms with Crippen LogP contribution in [0.2, 0.25) is 0 Å². The molecule has 1 aromatic heterocycles. The Balaban J connectivity index is 2.05. The highest BCUT2D eigenvalue weighted by molar-refractivity contribution is 5.73. The third-order valence-electron chi connectivity index (χ3n) is 4.87. The third-order valence-corrected chi connectivity index (χ3v) is 4.87. The van der Waals surface area contributed by atoms with Crippen molar-refractivity contribution < 1.29 is 4.74 Å². The second-order valence-electron chi connectivity index (χ2n) is 6.47. The molecule has 1 aliphatic rings. The van der Waals surface area contributed by atoms with E-state index in [1.165, 1.54) is 24.9 Å². The van der Waals surface area contributed by atoms with Crippen LogP contribution in [0.4, 0.5) is 5.69 Å². The molecule has 0 radical (unpaired) electrons. The summed E-state index contributed by atoms with van der Waals surface area (Å²) in [6.45, 7) is 6.15. The normalized spacial score (nSPS) is 14.7. The summed E-state index contributed by atoms with van der Waals surface area (Å²) in [7, 11) is 1.69. The Kier molecular flexibility index (Phi) is 4.93. The van der Waals surface area contributed by atoms with Crippen LogP contribution < -0.4 is 15.2 Å². The highest BCUT2D eigenvalue weighted by atomic mass is 16.5. The predicted molar refractivity (Wildman–Crippen MR) is 99.2 cm³/mol. The minimum absolute atomic E-state index is 0.0376. The van der Waals surface area contributed by atoms with Gasteiger partial charge in [-0.3, -0.25) is 4.79 Å². The molecule has 4 nitrogen and oxygen atoms in total. The van der Waals surface area contributed by atoms with Crippen LogP contribution in [0.15, 0.2) is 29.1 Å². The fraction of sp³-hybridized carbons (Fsp3) is 0.450. The monoisotopic (exact) mass is 326 g/mol. The Morgan fingerprint density at radius 2 is 1.92 bits per heavy atom. The molecule has 0 spiro atoms. The van der Waals surface area contributed by atoms with Crippen LogP contribution in [-0.2, 0) is 6.42 Å². The van der Waals surface area contributed by atoms with Crippen molar-refractivity contribution in [3.8, 4) is 17.0 Å². The number of hydrogen-bond acceptors (Lipinski definition) is 3. The summed E-state index contributed by atoms with van der Waals surface area (Å²) in [5.74, 6) is 0.812. The van der Waals surface area contributed by atoms with Gasteiger partial charge in [-0.2, -0.15) is 0 Å². The first kappa shape index (κ1) is 16.6. The van der Waals surface area contributed by atoms with Crippen LogP contribution in [0.1, 0.15) is 37.3 Å². The summed E-state index contributed by atoms with van der Waals surface area (Å²) in [6.07, 6.45) is 4.67. The minimum atomic E-state index is -0.0376. The van der Waals surface area contributed by atoms with E-state index >= 15 is 0 Å². The van der Waals surface area contributed by atoms with Gasteiger partial charge in [0, 0.05) is 36.0 Å². The molecular formula is C20H26N2O2. The number of aromatic nitrogens is 1. The van der Waals surface area contributed by atoms with Gasteiger partial charge in [0.1, 0.15) is 5.75 Å². The Morgan fingerprint density at radius 3 is 2.58 bits per heavy atom. The molecule has 0 bridgehead atoms. The maximum absolute atomic E-state index is 12.1. The lowest BCUT2D eigenvalue weighted by atomic mass is 10.0. The van der Waals surface area contributed by atoms with E-state index in [1.54, 1.807) is 7.11 Å². The van der Waals surface area contributed by atoms with Crippen LogP contribution in [0, 0.1) is 6.92 Å². The van der Waals surface area contributed by atoms with E-state index in [0.717, 1.165) is 47.6 Å². The van der Waals surface area contributed by atoms with Gasteiger partial charge in [-0.05, 0) is 56.4 Å². The van der Waals surface area contributed by atoms with Gasteiger partial charge >= 0.3 is 0 Å². The number of rotatable bonds is 4. The van der Waals surface area contributed by atoms with Gasteiger partial charge < -0.3 is 14.6 Å². The first-order valence-corrected chi connectivity index (χ1v) is 8.80. The van der Waals surface area contributed by atoms with E-state index < -0.39 is 0 Å². The summed E-state index contributed by atoms with van der Waals surface area (Å²) in [4.78, 5) is 17.5. The van der Waals surface area contributed by atoms with Gasteiger partial charge in [0.2, 0.25) is 0 Å². The van der Waals surface area contributed by atoms with Crippen molar-refractivity contribution in [2.45, 2.75) is 39.5 Å². The Hall–Kier alpha value is -2.23. The van der Waals surface area contributed by atoms with Crippen molar-refractivity contribution in [3.05, 3.63) is 45.7 Å². The molecule has 0 saturated carbocycles. The smallest absolute Gasteiger partial charge is 0.251 e. The number of hydrogen-bond donors (Lipinski definition) is 1. The molecule has 2 heterocycles. The lowest BCUT2D eigenvalue weighted by molar-refractivity contribution is 0.416. The lowest BCUT2D eigenvalue weighted by Gasteiger charge is -2.29. The molecule has 1 aliphatic heterocycles. The summed E-state index contributed by atoms with van der Waals surface area (Å²) in [5, 5.41) is 0. The molecule has 2 aromatic rings.